The van der Waals surface area contributed by atoms with Crippen molar-refractivity contribution in [3.05, 3.63) is 34.3 Å². The van der Waals surface area contributed by atoms with Gasteiger partial charge in [-0.15, -0.1) is 0 Å². The van der Waals surface area contributed by atoms with Crippen LogP contribution < -0.4 is 5.32 Å². The Labute approximate surface area is 120 Å². The van der Waals surface area contributed by atoms with Gasteiger partial charge in [0.2, 0.25) is 0 Å². The van der Waals surface area contributed by atoms with Gasteiger partial charge in [-0.25, -0.2) is 0 Å². The van der Waals surface area contributed by atoms with Crippen molar-refractivity contribution in [3.8, 4) is 0 Å². The molecule has 102 valence electrons. The molecule has 1 aromatic carbocycles. The second-order valence-corrected chi connectivity index (χ2v) is 5.93. The predicted molar refractivity (Wildman–Crippen MR) is 73.8 cm³/mol. The van der Waals surface area contributed by atoms with Crippen LogP contribution in [-0.2, 0) is 19.8 Å². The first kappa shape index (κ1) is 13.1. The van der Waals surface area contributed by atoms with E-state index in [0.29, 0.717) is 19.8 Å². The lowest BCUT2D eigenvalue weighted by Crippen LogP contribution is -2.46. The maximum atomic E-state index is 12.2. The molecule has 0 radical (unpaired) electrons. The molecule has 2 aliphatic rings. The van der Waals surface area contributed by atoms with E-state index in [0.717, 1.165) is 22.9 Å². The molecule has 0 bridgehead atoms. The van der Waals surface area contributed by atoms with E-state index in [1.54, 1.807) is 0 Å². The monoisotopic (exact) mass is 325 g/mol. The Kier molecular flexibility index (Phi) is 3.60. The zero-order valence-corrected chi connectivity index (χ0v) is 12.1. The van der Waals surface area contributed by atoms with Gasteiger partial charge in [0.1, 0.15) is 0 Å². The zero-order valence-electron chi connectivity index (χ0n) is 10.5. The van der Waals surface area contributed by atoms with E-state index in [4.69, 9.17) is 9.47 Å². The Morgan fingerprint density at radius 1 is 1.37 bits per heavy atom. The summed E-state index contributed by atoms with van der Waals surface area (Å²) < 4.78 is 11.7. The van der Waals surface area contributed by atoms with E-state index < -0.39 is 6.10 Å². The van der Waals surface area contributed by atoms with E-state index >= 15 is 0 Å². The normalized spacial score (nSPS) is 24.8. The van der Waals surface area contributed by atoms with Crippen LogP contribution in [0.4, 0.5) is 0 Å². The summed E-state index contributed by atoms with van der Waals surface area (Å²) in [5.41, 5.74) is 0.939. The molecule has 3 rings (SSSR count). The van der Waals surface area contributed by atoms with Gasteiger partial charge in [0, 0.05) is 4.47 Å². The van der Waals surface area contributed by atoms with Crippen LogP contribution >= 0.6 is 15.9 Å². The molecular formula is C14H16BrNO3. The zero-order chi connectivity index (χ0) is 13.3. The molecule has 1 N–H and O–H groups in total. The predicted octanol–water partition coefficient (Wildman–Crippen LogP) is 1.97. The van der Waals surface area contributed by atoms with Gasteiger partial charge in [-0.1, -0.05) is 28.1 Å². The second-order valence-electron chi connectivity index (χ2n) is 5.02. The van der Waals surface area contributed by atoms with Crippen LogP contribution in [0.3, 0.4) is 0 Å². The highest BCUT2D eigenvalue weighted by Crippen LogP contribution is 2.46. The average molecular weight is 326 g/mol. The quantitative estimate of drug-likeness (QED) is 0.924. The molecular weight excluding hydrogens is 310 g/mol. The maximum absolute atomic E-state index is 12.2. The molecule has 1 saturated carbocycles. The van der Waals surface area contributed by atoms with Gasteiger partial charge in [0.15, 0.2) is 6.10 Å². The molecule has 0 unspecified atom stereocenters. The Balaban J connectivity index is 1.70. The summed E-state index contributed by atoms with van der Waals surface area (Å²) in [5.74, 6) is -0.0721. The lowest BCUT2D eigenvalue weighted by molar-refractivity contribution is -0.148. The molecule has 1 saturated heterocycles. The molecule has 0 spiro atoms. The van der Waals surface area contributed by atoms with Gasteiger partial charge in [-0.3, -0.25) is 4.79 Å². The highest BCUT2D eigenvalue weighted by Gasteiger charge is 2.46. The molecule has 1 heterocycles. The fourth-order valence-electron chi connectivity index (χ4n) is 2.35. The fourth-order valence-corrected chi connectivity index (χ4v) is 2.75. The van der Waals surface area contributed by atoms with Crippen LogP contribution in [0.25, 0.3) is 0 Å². The number of hydrogen-bond acceptors (Lipinski definition) is 3. The summed E-state index contributed by atoms with van der Waals surface area (Å²) in [6, 6.07) is 8.09. The van der Waals surface area contributed by atoms with Crippen molar-refractivity contribution in [2.45, 2.75) is 24.5 Å². The van der Waals surface area contributed by atoms with Crippen molar-refractivity contribution in [2.24, 2.45) is 0 Å². The number of hydrogen-bond donors (Lipinski definition) is 1. The van der Waals surface area contributed by atoms with Crippen LogP contribution in [-0.4, -0.2) is 31.8 Å². The topological polar surface area (TPSA) is 47.6 Å². The fraction of sp³-hybridized carbons (Fsp3) is 0.500. The van der Waals surface area contributed by atoms with E-state index in [-0.39, 0.29) is 11.4 Å². The number of carbonyl (C=O) groups excluding carboxylic acids is 1. The summed E-state index contributed by atoms with van der Waals surface area (Å²) in [4.78, 5) is 12.2. The molecule has 5 heteroatoms. The SMILES string of the molecule is O=C(NC1(c2cccc(Br)c2)CC1)[C@H]1COCCO1. The number of ether oxygens (including phenoxy) is 2. The molecule has 1 aromatic rings. The molecule has 4 nitrogen and oxygen atoms in total. The number of nitrogens with one attached hydrogen (secondary N) is 1. The van der Waals surface area contributed by atoms with E-state index in [1.807, 2.05) is 12.1 Å². The van der Waals surface area contributed by atoms with Gasteiger partial charge in [-0.05, 0) is 30.5 Å². The van der Waals surface area contributed by atoms with Gasteiger partial charge >= 0.3 is 0 Å². The summed E-state index contributed by atoms with van der Waals surface area (Å²) in [7, 11) is 0. The number of halogens is 1. The maximum Gasteiger partial charge on any atom is 0.252 e. The highest BCUT2D eigenvalue weighted by atomic mass is 79.9. The van der Waals surface area contributed by atoms with Crippen molar-refractivity contribution in [1.82, 2.24) is 5.32 Å². The van der Waals surface area contributed by atoms with Gasteiger partial charge in [0.25, 0.3) is 5.91 Å². The Morgan fingerprint density at radius 2 is 2.21 bits per heavy atom. The summed E-state index contributed by atoms with van der Waals surface area (Å²) in [6.45, 7) is 1.41. The minimum atomic E-state index is -0.474. The third kappa shape index (κ3) is 2.83. The van der Waals surface area contributed by atoms with Gasteiger partial charge in [-0.2, -0.15) is 0 Å². The highest BCUT2D eigenvalue weighted by molar-refractivity contribution is 9.10. The first-order valence-electron chi connectivity index (χ1n) is 6.47. The lowest BCUT2D eigenvalue weighted by Gasteiger charge is -2.25. The Hall–Kier alpha value is -0.910. The van der Waals surface area contributed by atoms with Crippen LogP contribution in [0.15, 0.2) is 28.7 Å². The standard InChI is InChI=1S/C14H16BrNO3/c15-11-3-1-2-10(8-11)14(4-5-14)16-13(17)12-9-18-6-7-19-12/h1-3,8,12H,4-7,9H2,(H,16,17)/t12-/m1/s1. The third-order valence-corrected chi connectivity index (χ3v) is 4.09. The molecule has 19 heavy (non-hydrogen) atoms. The first-order chi connectivity index (χ1) is 9.20. The molecule has 1 aliphatic heterocycles. The van der Waals surface area contributed by atoms with E-state index in [9.17, 15) is 4.79 Å². The number of carbonyl (C=O) groups is 1. The third-order valence-electron chi connectivity index (χ3n) is 3.60. The second kappa shape index (κ2) is 5.23. The minimum absolute atomic E-state index is 0.0721. The van der Waals surface area contributed by atoms with Crippen LogP contribution in [0.2, 0.25) is 0 Å². The van der Waals surface area contributed by atoms with Crippen molar-refractivity contribution >= 4 is 21.8 Å². The van der Waals surface area contributed by atoms with Crippen LogP contribution in [0, 0.1) is 0 Å². The summed E-state index contributed by atoms with van der Waals surface area (Å²) in [5, 5.41) is 3.12. The average Bonchev–Trinajstić information content (AvgIpc) is 3.21. The summed E-state index contributed by atoms with van der Waals surface area (Å²) >= 11 is 3.47. The lowest BCUT2D eigenvalue weighted by atomic mass is 10.0. The molecule has 1 amide bonds. The number of benzene rings is 1. The van der Waals surface area contributed by atoms with Crippen molar-refractivity contribution in [3.63, 3.8) is 0 Å². The van der Waals surface area contributed by atoms with Crippen LogP contribution in [0.1, 0.15) is 18.4 Å². The first-order valence-corrected chi connectivity index (χ1v) is 7.26. The van der Waals surface area contributed by atoms with Gasteiger partial charge < -0.3 is 14.8 Å². The van der Waals surface area contributed by atoms with Gasteiger partial charge in [0.05, 0.1) is 25.4 Å². The molecule has 2 fully saturated rings. The summed E-state index contributed by atoms with van der Waals surface area (Å²) in [6.07, 6.45) is 1.48. The van der Waals surface area contributed by atoms with E-state index in [2.05, 4.69) is 33.4 Å². The Bertz CT molecular complexity index is 481. The Morgan fingerprint density at radius 3 is 2.84 bits per heavy atom. The van der Waals surface area contributed by atoms with Crippen molar-refractivity contribution in [1.29, 1.82) is 0 Å². The largest absolute Gasteiger partial charge is 0.376 e. The molecule has 1 aliphatic carbocycles. The smallest absolute Gasteiger partial charge is 0.252 e. The van der Waals surface area contributed by atoms with Crippen LogP contribution in [0.5, 0.6) is 0 Å². The molecule has 1 atom stereocenters. The van der Waals surface area contributed by atoms with Crippen molar-refractivity contribution < 1.29 is 14.3 Å². The number of rotatable bonds is 3. The van der Waals surface area contributed by atoms with Crippen molar-refractivity contribution in [2.75, 3.05) is 19.8 Å². The number of amides is 1. The minimum Gasteiger partial charge on any atom is -0.376 e. The molecule has 0 aromatic heterocycles. The van der Waals surface area contributed by atoms with E-state index in [1.165, 1.54) is 0 Å².